The van der Waals surface area contributed by atoms with E-state index >= 15 is 0 Å². The van der Waals surface area contributed by atoms with Crippen LogP contribution in [0.4, 0.5) is 8.78 Å². The van der Waals surface area contributed by atoms with Crippen LogP contribution in [-0.2, 0) is 11.3 Å². The number of aromatic nitrogens is 1. The van der Waals surface area contributed by atoms with E-state index in [0.29, 0.717) is 0 Å². The molecule has 0 aliphatic heterocycles. The molecule has 0 saturated carbocycles. The van der Waals surface area contributed by atoms with Gasteiger partial charge in [-0.05, 0) is 13.8 Å². The summed E-state index contributed by atoms with van der Waals surface area (Å²) in [6, 6.07) is 0. The van der Waals surface area contributed by atoms with Crippen LogP contribution in [0.1, 0.15) is 17.0 Å². The molecule has 0 fully saturated rings. The fraction of sp³-hybridized carbons (Fsp3) is 0.636. The van der Waals surface area contributed by atoms with Crippen molar-refractivity contribution in [2.75, 3.05) is 13.1 Å². The van der Waals surface area contributed by atoms with Crippen molar-refractivity contribution in [3.8, 4) is 0 Å². The molecule has 1 heterocycles. The molecule has 1 aromatic rings. The quantitative estimate of drug-likeness (QED) is 0.819. The van der Waals surface area contributed by atoms with Crippen LogP contribution in [0.2, 0.25) is 0 Å². The van der Waals surface area contributed by atoms with Gasteiger partial charge < -0.3 is 15.6 Å². The van der Waals surface area contributed by atoms with E-state index in [1.54, 1.807) is 6.92 Å². The van der Waals surface area contributed by atoms with Gasteiger partial charge in [0.1, 0.15) is 0 Å². The third-order valence-corrected chi connectivity index (χ3v) is 3.78. The number of hydrogen-bond acceptors (Lipinski definition) is 4. The summed E-state index contributed by atoms with van der Waals surface area (Å²) < 4.78 is 27.1. The average molecular weight is 330 g/mol. The molecular weight excluding hydrogens is 312 g/mol. The first-order valence-electron chi connectivity index (χ1n) is 5.78. The molecule has 1 aromatic heterocycles. The van der Waals surface area contributed by atoms with Crippen LogP contribution < -0.4 is 15.9 Å². The number of hydrogen-bond donors (Lipinski definition) is 2. The fourth-order valence-corrected chi connectivity index (χ4v) is 2.31. The molecule has 0 atom stereocenters. The van der Waals surface area contributed by atoms with E-state index in [2.05, 4.69) is 5.32 Å². The van der Waals surface area contributed by atoms with Crippen LogP contribution >= 0.6 is 23.7 Å². The Kier molecular flexibility index (Phi) is 7.32. The Bertz CT molecular complexity index is 516. The summed E-state index contributed by atoms with van der Waals surface area (Å²) in [5.74, 6) is -3.62. The number of amides is 1. The Morgan fingerprint density at radius 3 is 2.50 bits per heavy atom. The third-order valence-electron chi connectivity index (χ3n) is 2.78. The zero-order valence-corrected chi connectivity index (χ0v) is 12.9. The van der Waals surface area contributed by atoms with E-state index in [-0.39, 0.29) is 30.2 Å². The molecule has 0 radical (unpaired) electrons. The number of alkyl halides is 2. The molecule has 0 bridgehead atoms. The van der Waals surface area contributed by atoms with Gasteiger partial charge in [-0.3, -0.25) is 9.59 Å². The Morgan fingerprint density at radius 1 is 1.45 bits per heavy atom. The zero-order chi connectivity index (χ0) is 14.6. The number of aryl methyl sites for hydroxylation is 1. The lowest BCUT2D eigenvalue weighted by Gasteiger charge is -2.14. The summed E-state index contributed by atoms with van der Waals surface area (Å²) in [5, 5.41) is 2.11. The number of nitrogens with zero attached hydrogens (tertiary/aromatic N) is 1. The van der Waals surface area contributed by atoms with Gasteiger partial charge in [-0.15, -0.1) is 12.4 Å². The van der Waals surface area contributed by atoms with Gasteiger partial charge in [0, 0.05) is 23.5 Å². The number of halogens is 3. The lowest BCUT2D eigenvalue weighted by atomic mass is 10.3. The molecule has 0 saturated heterocycles. The van der Waals surface area contributed by atoms with Crippen LogP contribution in [0, 0.1) is 13.8 Å². The lowest BCUT2D eigenvalue weighted by molar-refractivity contribution is -0.123. The zero-order valence-electron chi connectivity index (χ0n) is 11.2. The second-order valence-electron chi connectivity index (χ2n) is 4.25. The van der Waals surface area contributed by atoms with Crippen molar-refractivity contribution in [3.63, 3.8) is 0 Å². The number of carbonyl (C=O) groups is 1. The van der Waals surface area contributed by atoms with Crippen molar-refractivity contribution in [1.82, 2.24) is 9.88 Å². The molecule has 0 aliphatic carbocycles. The monoisotopic (exact) mass is 329 g/mol. The average Bonchev–Trinajstić information content (AvgIpc) is 2.59. The van der Waals surface area contributed by atoms with Gasteiger partial charge in [-0.1, -0.05) is 11.3 Å². The first kappa shape index (κ1) is 19.0. The predicted octanol–water partition coefficient (Wildman–Crippen LogP) is 1.05. The second kappa shape index (κ2) is 7.70. The van der Waals surface area contributed by atoms with Crippen LogP contribution in [0.3, 0.4) is 0 Å². The van der Waals surface area contributed by atoms with Gasteiger partial charge in [0.25, 0.3) is 5.92 Å². The summed E-state index contributed by atoms with van der Waals surface area (Å²) in [7, 11) is 0. The summed E-state index contributed by atoms with van der Waals surface area (Å²) >= 11 is 1.11. The normalized spacial score (nSPS) is 11.1. The summed E-state index contributed by atoms with van der Waals surface area (Å²) in [5.41, 5.74) is 5.66. The maximum absolute atomic E-state index is 12.8. The minimum absolute atomic E-state index is 0. The van der Waals surface area contributed by atoms with E-state index < -0.39 is 24.9 Å². The molecule has 1 amide bonds. The fourth-order valence-electron chi connectivity index (χ4n) is 1.45. The molecule has 0 spiro atoms. The van der Waals surface area contributed by atoms with Crippen LogP contribution in [0.25, 0.3) is 0 Å². The molecule has 0 unspecified atom stereocenters. The molecule has 9 heteroatoms. The first-order chi connectivity index (χ1) is 8.76. The van der Waals surface area contributed by atoms with Gasteiger partial charge in [-0.2, -0.15) is 0 Å². The molecule has 116 valence electrons. The molecule has 1 rings (SSSR count). The lowest BCUT2D eigenvalue weighted by Crippen LogP contribution is -2.41. The Morgan fingerprint density at radius 2 is 2.05 bits per heavy atom. The van der Waals surface area contributed by atoms with E-state index in [1.807, 2.05) is 6.92 Å². The van der Waals surface area contributed by atoms with Crippen LogP contribution in [-0.4, -0.2) is 29.5 Å². The minimum Gasteiger partial charge on any atom is -0.350 e. The van der Waals surface area contributed by atoms with Gasteiger partial charge in [0.2, 0.25) is 5.91 Å². The van der Waals surface area contributed by atoms with Crippen molar-refractivity contribution in [2.24, 2.45) is 5.73 Å². The summed E-state index contributed by atoms with van der Waals surface area (Å²) in [4.78, 5) is 23.7. The van der Waals surface area contributed by atoms with Crippen LogP contribution in [0.15, 0.2) is 4.79 Å². The van der Waals surface area contributed by atoms with Gasteiger partial charge in [0.15, 0.2) is 0 Å². The molecular formula is C11H18ClF2N3O2S. The highest BCUT2D eigenvalue weighted by Gasteiger charge is 2.27. The van der Waals surface area contributed by atoms with Crippen molar-refractivity contribution in [1.29, 1.82) is 0 Å². The summed E-state index contributed by atoms with van der Waals surface area (Å²) in [6.07, 6.45) is -0.0163. The number of nitrogens with two attached hydrogens (primary N) is 1. The number of carbonyl (C=O) groups excluding carboxylic acids is 1. The van der Waals surface area contributed by atoms with E-state index in [1.165, 1.54) is 4.57 Å². The highest BCUT2D eigenvalue weighted by atomic mass is 35.5. The topological polar surface area (TPSA) is 77.1 Å². The third kappa shape index (κ3) is 5.18. The first-order valence-corrected chi connectivity index (χ1v) is 6.60. The van der Waals surface area contributed by atoms with Gasteiger partial charge in [0.05, 0.1) is 13.1 Å². The minimum atomic E-state index is -3.10. The van der Waals surface area contributed by atoms with Crippen molar-refractivity contribution in [2.45, 2.75) is 32.7 Å². The highest BCUT2D eigenvalue weighted by Crippen LogP contribution is 2.10. The molecule has 3 N–H and O–H groups in total. The SMILES string of the molecule is Cc1sc(=O)n(CCC(=O)NCC(F)(F)CN)c1C.Cl. The second-order valence-corrected chi connectivity index (χ2v) is 5.41. The number of nitrogens with one attached hydrogen (secondary N) is 1. The highest BCUT2D eigenvalue weighted by molar-refractivity contribution is 7.09. The number of rotatable bonds is 6. The standard InChI is InChI=1S/C11H17F2N3O2S.ClH/c1-7-8(2)19-10(18)16(7)4-3-9(17)15-6-11(12,13)5-14;/h3-6,14H2,1-2H3,(H,15,17);1H. The maximum Gasteiger partial charge on any atom is 0.307 e. The Hall–Kier alpha value is -0.990. The van der Waals surface area contributed by atoms with E-state index in [0.717, 1.165) is 21.9 Å². The smallest absolute Gasteiger partial charge is 0.307 e. The molecule has 5 nitrogen and oxygen atoms in total. The maximum atomic E-state index is 12.8. The van der Waals surface area contributed by atoms with Crippen molar-refractivity contribution >= 4 is 29.7 Å². The summed E-state index contributed by atoms with van der Waals surface area (Å²) in [6.45, 7) is 2.21. The van der Waals surface area contributed by atoms with Gasteiger partial charge in [-0.25, -0.2) is 8.78 Å². The van der Waals surface area contributed by atoms with Gasteiger partial charge >= 0.3 is 4.87 Å². The van der Waals surface area contributed by atoms with E-state index in [9.17, 15) is 18.4 Å². The largest absolute Gasteiger partial charge is 0.350 e. The van der Waals surface area contributed by atoms with Crippen LogP contribution in [0.5, 0.6) is 0 Å². The van der Waals surface area contributed by atoms with E-state index in [4.69, 9.17) is 5.73 Å². The van der Waals surface area contributed by atoms with Crippen molar-refractivity contribution in [3.05, 3.63) is 20.2 Å². The molecule has 0 aliphatic rings. The Balaban J connectivity index is 0.00000361. The molecule has 0 aromatic carbocycles. The van der Waals surface area contributed by atoms with Crippen molar-refractivity contribution < 1.29 is 13.6 Å². The molecule has 20 heavy (non-hydrogen) atoms. The predicted molar refractivity (Wildman–Crippen MR) is 76.9 cm³/mol. The Labute approximate surface area is 125 Å². The number of thiazole rings is 1.